The quantitative estimate of drug-likeness (QED) is 0.126. The molecule has 1 amide bonds. The number of amides is 1. The molecular weight excluding hydrogens is 589 g/mol. The molecular formula is C27H35ClN5O8P. The number of halogens is 1. The molecule has 0 aliphatic rings. The Morgan fingerprint density at radius 1 is 1.17 bits per heavy atom. The Labute approximate surface area is 248 Å². The van der Waals surface area contributed by atoms with E-state index in [9.17, 15) is 19.3 Å². The van der Waals surface area contributed by atoms with Gasteiger partial charge in [0.2, 0.25) is 5.95 Å². The Balaban J connectivity index is 1.66. The van der Waals surface area contributed by atoms with Gasteiger partial charge >= 0.3 is 14.0 Å². The third-order valence-electron chi connectivity index (χ3n) is 5.90. The lowest BCUT2D eigenvalue weighted by molar-refractivity contribution is 0.0680. The number of H-pyrrole nitrogens is 1. The average molecular weight is 624 g/mol. The van der Waals surface area contributed by atoms with Crippen molar-refractivity contribution >= 4 is 37.4 Å². The number of hydrogen-bond donors (Lipinski definition) is 4. The second-order valence-corrected chi connectivity index (χ2v) is 11.0. The molecule has 3 aromatic rings. The first-order chi connectivity index (χ1) is 20.1. The molecule has 42 heavy (non-hydrogen) atoms. The number of aromatic nitrogens is 3. The highest BCUT2D eigenvalue weighted by Gasteiger charge is 2.31. The van der Waals surface area contributed by atoms with Crippen LogP contribution in [0, 0.1) is 6.92 Å². The van der Waals surface area contributed by atoms with Crippen LogP contribution in [0.15, 0.2) is 42.7 Å². The molecule has 2 aromatic heterocycles. The number of nitrogens with zero attached hydrogens (tertiary/aromatic N) is 2. The van der Waals surface area contributed by atoms with Crippen molar-refractivity contribution in [1.82, 2.24) is 20.3 Å². The van der Waals surface area contributed by atoms with Crippen molar-refractivity contribution in [2.24, 2.45) is 0 Å². The number of hydrogen-bond acceptors (Lipinski definition) is 11. The molecule has 2 atom stereocenters. The fraction of sp³-hybridized carbons (Fsp3) is 0.407. The molecule has 0 saturated carbocycles. The van der Waals surface area contributed by atoms with E-state index in [-0.39, 0.29) is 38.1 Å². The van der Waals surface area contributed by atoms with Gasteiger partial charge in [-0.1, -0.05) is 30.7 Å². The zero-order valence-corrected chi connectivity index (χ0v) is 25.4. The fourth-order valence-corrected chi connectivity index (χ4v) is 5.04. The van der Waals surface area contributed by atoms with Gasteiger partial charge in [0.1, 0.15) is 12.3 Å². The van der Waals surface area contributed by atoms with Gasteiger partial charge in [-0.15, -0.1) is 0 Å². The zero-order valence-electron chi connectivity index (χ0n) is 23.8. The van der Waals surface area contributed by atoms with Gasteiger partial charge in [0.05, 0.1) is 37.6 Å². The third-order valence-corrected chi connectivity index (χ3v) is 7.66. The van der Waals surface area contributed by atoms with E-state index in [0.29, 0.717) is 28.3 Å². The lowest BCUT2D eigenvalue weighted by Gasteiger charge is -2.19. The van der Waals surface area contributed by atoms with Gasteiger partial charge in [0, 0.05) is 23.0 Å². The van der Waals surface area contributed by atoms with Crippen LogP contribution in [-0.2, 0) is 22.9 Å². The van der Waals surface area contributed by atoms with Gasteiger partial charge < -0.3 is 30.0 Å². The number of anilines is 1. The highest BCUT2D eigenvalue weighted by Crippen LogP contribution is 2.49. The van der Waals surface area contributed by atoms with Crippen molar-refractivity contribution in [1.29, 1.82) is 0 Å². The number of aromatic amines is 1. The number of carbonyl (C=O) groups excluding carboxylic acids is 2. The van der Waals surface area contributed by atoms with Gasteiger partial charge in [-0.3, -0.25) is 13.8 Å². The third kappa shape index (κ3) is 9.27. The molecule has 4 N–H and O–H groups in total. The van der Waals surface area contributed by atoms with Crippen molar-refractivity contribution in [3.8, 4) is 11.3 Å². The monoisotopic (exact) mass is 623 g/mol. The van der Waals surface area contributed by atoms with Crippen LogP contribution in [0.3, 0.4) is 0 Å². The molecule has 15 heteroatoms. The minimum Gasteiger partial charge on any atom is -0.432 e. The van der Waals surface area contributed by atoms with Crippen molar-refractivity contribution in [3.05, 3.63) is 64.6 Å². The molecule has 0 spiro atoms. The standard InChI is InChI=1S/C27H35ClN5O8P/c1-5-21(16-38-27(36)41-42(37,39-6-2)40-7-3)31-26-30-13-17(4)24(33-26)19-12-22(29-14-19)25(35)32-23(15-34)18-9-8-10-20(28)11-18/h8-14,21,23,29,34H,5-7,15-16H2,1-4H3,(H,32,35)(H,30,31,33)/t21-,23-/m1/s1. The lowest BCUT2D eigenvalue weighted by atomic mass is 10.1. The minimum atomic E-state index is -4.06. The molecule has 3 rings (SSSR count). The number of aliphatic hydroxyl groups excluding tert-OH is 1. The van der Waals surface area contributed by atoms with Crippen LogP contribution in [-0.4, -0.2) is 64.6 Å². The summed E-state index contributed by atoms with van der Waals surface area (Å²) in [6.45, 7) is 6.49. The molecule has 0 unspecified atom stereocenters. The number of aliphatic hydroxyl groups is 1. The fourth-order valence-electron chi connectivity index (χ4n) is 3.80. The van der Waals surface area contributed by atoms with Crippen LogP contribution >= 0.6 is 19.4 Å². The van der Waals surface area contributed by atoms with E-state index in [1.807, 2.05) is 13.8 Å². The molecule has 13 nitrogen and oxygen atoms in total. The molecule has 0 aliphatic carbocycles. The van der Waals surface area contributed by atoms with Gasteiger partial charge in [0.15, 0.2) is 0 Å². The lowest BCUT2D eigenvalue weighted by Crippen LogP contribution is -2.31. The number of benzene rings is 1. The van der Waals surface area contributed by atoms with Crippen molar-refractivity contribution < 1.29 is 37.6 Å². The van der Waals surface area contributed by atoms with Crippen LogP contribution in [0.4, 0.5) is 10.7 Å². The van der Waals surface area contributed by atoms with Crippen molar-refractivity contribution in [2.45, 2.75) is 46.2 Å². The van der Waals surface area contributed by atoms with E-state index in [1.165, 1.54) is 0 Å². The number of carbonyl (C=O) groups is 2. The Morgan fingerprint density at radius 2 is 1.90 bits per heavy atom. The first-order valence-corrected chi connectivity index (χ1v) is 15.2. The van der Waals surface area contributed by atoms with Gasteiger partial charge in [0.25, 0.3) is 5.91 Å². The first-order valence-electron chi connectivity index (χ1n) is 13.3. The summed E-state index contributed by atoms with van der Waals surface area (Å²) >= 11 is 6.05. The van der Waals surface area contributed by atoms with Crippen LogP contribution in [0.1, 0.15) is 54.8 Å². The second-order valence-electron chi connectivity index (χ2n) is 8.98. The molecule has 228 valence electrons. The average Bonchev–Trinajstić information content (AvgIpc) is 3.45. The summed E-state index contributed by atoms with van der Waals surface area (Å²) in [7, 11) is -4.06. The largest absolute Gasteiger partial charge is 0.534 e. The summed E-state index contributed by atoms with van der Waals surface area (Å²) in [5.74, 6) is -0.152. The molecule has 0 fully saturated rings. The molecule has 0 bridgehead atoms. The molecule has 2 heterocycles. The summed E-state index contributed by atoms with van der Waals surface area (Å²) in [5, 5.41) is 16.2. The number of aryl methyl sites for hydroxylation is 1. The van der Waals surface area contributed by atoms with Gasteiger partial charge in [-0.2, -0.15) is 0 Å². The topological polar surface area (TPSA) is 174 Å². The summed E-state index contributed by atoms with van der Waals surface area (Å²) in [4.78, 5) is 36.9. The Hall–Kier alpha value is -3.48. The SMILES string of the molecule is CCOP(=O)(OCC)OC(=O)OC[C@@H](CC)Nc1ncc(C)c(-c2c[nH]c(C(=O)N[C@H](CO)c3cccc(Cl)c3)c2)n1. The maximum atomic E-state index is 12.9. The van der Waals surface area contributed by atoms with E-state index in [0.717, 1.165) is 5.56 Å². The van der Waals surface area contributed by atoms with E-state index >= 15 is 0 Å². The predicted octanol–water partition coefficient (Wildman–Crippen LogP) is 5.42. The van der Waals surface area contributed by atoms with Gasteiger partial charge in [-0.25, -0.2) is 19.3 Å². The van der Waals surface area contributed by atoms with Crippen LogP contribution in [0.25, 0.3) is 11.3 Å². The van der Waals surface area contributed by atoms with Gasteiger partial charge in [-0.05, 0) is 56.5 Å². The normalized spacial score (nSPS) is 12.8. The highest BCUT2D eigenvalue weighted by atomic mass is 35.5. The van der Waals surface area contributed by atoms with Crippen molar-refractivity contribution in [2.75, 3.05) is 31.7 Å². The second kappa shape index (κ2) is 15.7. The minimum absolute atomic E-state index is 0.0241. The first kappa shape index (κ1) is 33.0. The molecule has 0 saturated heterocycles. The van der Waals surface area contributed by atoms with E-state index in [4.69, 9.17) is 29.9 Å². The number of phosphoric ester groups is 1. The maximum Gasteiger partial charge on any atom is 0.534 e. The summed E-state index contributed by atoms with van der Waals surface area (Å²) < 4.78 is 32.1. The van der Waals surface area contributed by atoms with E-state index in [1.54, 1.807) is 56.6 Å². The zero-order chi connectivity index (χ0) is 30.7. The van der Waals surface area contributed by atoms with E-state index < -0.39 is 32.0 Å². The number of phosphoric acid groups is 1. The smallest absolute Gasteiger partial charge is 0.432 e. The Bertz CT molecular complexity index is 1390. The summed E-state index contributed by atoms with van der Waals surface area (Å²) in [5.41, 5.74) is 2.91. The van der Waals surface area contributed by atoms with E-state index in [2.05, 4.69) is 25.6 Å². The summed E-state index contributed by atoms with van der Waals surface area (Å²) in [6, 6.07) is 7.50. The Kier molecular flexibility index (Phi) is 12.3. The highest BCUT2D eigenvalue weighted by molar-refractivity contribution is 7.49. The molecule has 1 aromatic carbocycles. The number of ether oxygens (including phenoxy) is 1. The molecule has 0 aliphatic heterocycles. The predicted molar refractivity (Wildman–Crippen MR) is 156 cm³/mol. The summed E-state index contributed by atoms with van der Waals surface area (Å²) in [6.07, 6.45) is 2.61. The van der Waals surface area contributed by atoms with Crippen LogP contribution < -0.4 is 10.6 Å². The Morgan fingerprint density at radius 3 is 2.55 bits per heavy atom. The molecule has 0 radical (unpaired) electrons. The number of nitrogens with one attached hydrogen (secondary N) is 3. The number of rotatable bonds is 15. The van der Waals surface area contributed by atoms with Crippen LogP contribution in [0.5, 0.6) is 0 Å². The van der Waals surface area contributed by atoms with Crippen LogP contribution in [0.2, 0.25) is 5.02 Å². The maximum absolute atomic E-state index is 12.9. The van der Waals surface area contributed by atoms with Crippen molar-refractivity contribution in [3.63, 3.8) is 0 Å².